The summed E-state index contributed by atoms with van der Waals surface area (Å²) in [5, 5.41) is 8.71. The molecule has 0 fully saturated rings. The molecular formula is C10H12N2O6S. The lowest BCUT2D eigenvalue weighted by molar-refractivity contribution is -0.140. The topological polar surface area (TPSA) is 123 Å². The van der Waals surface area contributed by atoms with E-state index >= 15 is 0 Å². The number of rotatable bonds is 6. The number of nitrogens with zero attached hydrogens (tertiary/aromatic N) is 1. The van der Waals surface area contributed by atoms with E-state index in [1.807, 2.05) is 0 Å². The summed E-state index contributed by atoms with van der Waals surface area (Å²) >= 11 is 0. The van der Waals surface area contributed by atoms with Gasteiger partial charge in [-0.2, -0.15) is 0 Å². The van der Waals surface area contributed by atoms with Gasteiger partial charge in [0.1, 0.15) is 5.69 Å². The number of carbonyl (C=O) groups excluding carboxylic acids is 1. The van der Waals surface area contributed by atoms with Gasteiger partial charge in [-0.1, -0.05) is 0 Å². The smallest absolute Gasteiger partial charge is 0.354 e. The normalized spacial score (nSPS) is 10.8. The third-order valence-electron chi connectivity index (χ3n) is 2.05. The molecule has 8 nitrogen and oxygen atoms in total. The van der Waals surface area contributed by atoms with Crippen LogP contribution < -0.4 is 4.72 Å². The van der Waals surface area contributed by atoms with Crippen LogP contribution in [0.1, 0.15) is 16.9 Å². The van der Waals surface area contributed by atoms with E-state index in [2.05, 4.69) is 14.4 Å². The first kappa shape index (κ1) is 14.9. The molecule has 1 aromatic heterocycles. The van der Waals surface area contributed by atoms with Crippen molar-refractivity contribution in [2.75, 3.05) is 17.6 Å². The number of hydrogen-bond acceptors (Lipinski definition) is 6. The van der Waals surface area contributed by atoms with Crippen LogP contribution in [-0.2, 0) is 19.6 Å². The van der Waals surface area contributed by atoms with Gasteiger partial charge in [0.2, 0.25) is 10.0 Å². The van der Waals surface area contributed by atoms with Crippen molar-refractivity contribution in [3.63, 3.8) is 0 Å². The van der Waals surface area contributed by atoms with Crippen LogP contribution in [0.2, 0.25) is 0 Å². The Bertz CT molecular complexity index is 583. The van der Waals surface area contributed by atoms with E-state index in [1.54, 1.807) is 0 Å². The molecule has 9 heteroatoms. The van der Waals surface area contributed by atoms with Gasteiger partial charge in [-0.15, -0.1) is 0 Å². The monoisotopic (exact) mass is 288 g/mol. The van der Waals surface area contributed by atoms with Gasteiger partial charge in [-0.05, 0) is 12.1 Å². The first-order valence-electron chi connectivity index (χ1n) is 5.11. The van der Waals surface area contributed by atoms with Gasteiger partial charge < -0.3 is 9.84 Å². The Balaban J connectivity index is 2.75. The molecule has 0 aliphatic heterocycles. The van der Waals surface area contributed by atoms with E-state index in [-0.39, 0.29) is 17.8 Å². The Morgan fingerprint density at radius 3 is 2.74 bits per heavy atom. The number of anilines is 1. The summed E-state index contributed by atoms with van der Waals surface area (Å²) in [6.07, 6.45) is 0.879. The number of aromatic carboxylic acids is 1. The summed E-state index contributed by atoms with van der Waals surface area (Å²) in [5.41, 5.74) is -0.217. The summed E-state index contributed by atoms with van der Waals surface area (Å²) in [4.78, 5) is 25.1. The minimum atomic E-state index is -3.75. The molecule has 0 aliphatic rings. The summed E-state index contributed by atoms with van der Waals surface area (Å²) < 4.78 is 29.7. The molecule has 0 amide bonds. The van der Waals surface area contributed by atoms with Gasteiger partial charge in [0.25, 0.3) is 0 Å². The number of carboxylic acids is 1. The average Bonchev–Trinajstić information content (AvgIpc) is 2.35. The maximum atomic E-state index is 11.6. The van der Waals surface area contributed by atoms with Crippen LogP contribution in [0, 0.1) is 0 Å². The Kier molecular flexibility index (Phi) is 4.81. The predicted octanol–water partition coefficient (Wildman–Crippen LogP) is 0.0846. The number of sulfonamides is 1. The van der Waals surface area contributed by atoms with E-state index in [0.717, 1.165) is 13.2 Å². The van der Waals surface area contributed by atoms with Crippen molar-refractivity contribution in [1.29, 1.82) is 0 Å². The molecule has 0 aliphatic carbocycles. The van der Waals surface area contributed by atoms with Gasteiger partial charge in [-0.3, -0.25) is 9.52 Å². The summed E-state index contributed by atoms with van der Waals surface area (Å²) in [6.45, 7) is 0. The molecular weight excluding hydrogens is 276 g/mol. The Hall–Kier alpha value is -2.16. The third-order valence-corrected chi connectivity index (χ3v) is 3.34. The third kappa shape index (κ3) is 4.92. The van der Waals surface area contributed by atoms with Gasteiger partial charge in [-0.25, -0.2) is 18.2 Å². The predicted molar refractivity (Wildman–Crippen MR) is 65.2 cm³/mol. The minimum Gasteiger partial charge on any atom is -0.477 e. The lowest BCUT2D eigenvalue weighted by Crippen LogP contribution is -2.19. The minimum absolute atomic E-state index is 0.0669. The van der Waals surface area contributed by atoms with Gasteiger partial charge in [0, 0.05) is 6.20 Å². The van der Waals surface area contributed by atoms with Crippen LogP contribution in [0.15, 0.2) is 18.3 Å². The Morgan fingerprint density at radius 2 is 2.16 bits per heavy atom. The van der Waals surface area contributed by atoms with Crippen LogP contribution in [-0.4, -0.2) is 43.3 Å². The number of aromatic nitrogens is 1. The number of nitrogens with one attached hydrogen (secondary N) is 1. The number of pyridine rings is 1. The zero-order chi connectivity index (χ0) is 14.5. The highest BCUT2D eigenvalue weighted by Gasteiger charge is 2.14. The van der Waals surface area contributed by atoms with Crippen molar-refractivity contribution in [1.82, 2.24) is 4.98 Å². The van der Waals surface area contributed by atoms with Gasteiger partial charge in [0.15, 0.2) is 0 Å². The molecule has 19 heavy (non-hydrogen) atoms. The highest BCUT2D eigenvalue weighted by Crippen LogP contribution is 2.11. The lowest BCUT2D eigenvalue weighted by Gasteiger charge is -2.07. The SMILES string of the molecule is COC(=O)CCS(=O)(=O)Nc1ccnc(C(=O)O)c1. The van der Waals surface area contributed by atoms with E-state index in [1.165, 1.54) is 12.3 Å². The fourth-order valence-corrected chi connectivity index (χ4v) is 2.18. The molecule has 0 unspecified atom stereocenters. The van der Waals surface area contributed by atoms with Crippen molar-refractivity contribution in [2.45, 2.75) is 6.42 Å². The van der Waals surface area contributed by atoms with Crippen molar-refractivity contribution >= 4 is 27.6 Å². The molecule has 1 rings (SSSR count). The zero-order valence-corrected chi connectivity index (χ0v) is 10.8. The highest BCUT2D eigenvalue weighted by atomic mass is 32.2. The first-order chi connectivity index (χ1) is 8.84. The van der Waals surface area contributed by atoms with Crippen molar-refractivity contribution in [3.05, 3.63) is 24.0 Å². The van der Waals surface area contributed by atoms with E-state index in [0.29, 0.717) is 0 Å². The fourth-order valence-electron chi connectivity index (χ4n) is 1.16. The fraction of sp³-hybridized carbons (Fsp3) is 0.300. The molecule has 1 aromatic rings. The van der Waals surface area contributed by atoms with Gasteiger partial charge >= 0.3 is 11.9 Å². The quantitative estimate of drug-likeness (QED) is 0.711. The van der Waals surface area contributed by atoms with Crippen LogP contribution >= 0.6 is 0 Å². The number of hydrogen-bond donors (Lipinski definition) is 2. The maximum Gasteiger partial charge on any atom is 0.354 e. The highest BCUT2D eigenvalue weighted by molar-refractivity contribution is 7.92. The maximum absolute atomic E-state index is 11.6. The molecule has 0 spiro atoms. The van der Waals surface area contributed by atoms with Crippen molar-refractivity contribution < 1.29 is 27.9 Å². The van der Waals surface area contributed by atoms with Crippen LogP contribution in [0.3, 0.4) is 0 Å². The Morgan fingerprint density at radius 1 is 1.47 bits per heavy atom. The average molecular weight is 288 g/mol. The summed E-state index contributed by atoms with van der Waals surface area (Å²) in [6, 6.07) is 2.39. The van der Waals surface area contributed by atoms with Crippen LogP contribution in [0.4, 0.5) is 5.69 Å². The Labute approximate surface area is 109 Å². The number of esters is 1. The number of methoxy groups -OCH3 is 1. The summed E-state index contributed by atoms with van der Waals surface area (Å²) in [5.74, 6) is -2.37. The lowest BCUT2D eigenvalue weighted by atomic mass is 10.3. The molecule has 0 aromatic carbocycles. The van der Waals surface area contributed by atoms with Gasteiger partial charge in [0.05, 0.1) is 25.0 Å². The first-order valence-corrected chi connectivity index (χ1v) is 6.76. The van der Waals surface area contributed by atoms with Crippen molar-refractivity contribution in [3.8, 4) is 0 Å². The number of ether oxygens (including phenoxy) is 1. The van der Waals surface area contributed by atoms with Crippen LogP contribution in [0.25, 0.3) is 0 Å². The summed E-state index contributed by atoms with van der Waals surface area (Å²) in [7, 11) is -2.60. The standard InChI is InChI=1S/C10H12N2O6S/c1-18-9(13)3-5-19(16,17)12-7-2-4-11-8(6-7)10(14)15/h2,4,6H,3,5H2,1H3,(H,11,12)(H,14,15). The molecule has 1 heterocycles. The van der Waals surface area contributed by atoms with Crippen molar-refractivity contribution in [2.24, 2.45) is 0 Å². The van der Waals surface area contributed by atoms with E-state index in [9.17, 15) is 18.0 Å². The zero-order valence-electron chi connectivity index (χ0n) is 9.99. The van der Waals surface area contributed by atoms with E-state index < -0.39 is 27.7 Å². The number of carboxylic acid groups (broad SMARTS) is 1. The number of carbonyl (C=O) groups is 2. The molecule has 2 N–H and O–H groups in total. The molecule has 104 valence electrons. The largest absolute Gasteiger partial charge is 0.477 e. The molecule has 0 radical (unpaired) electrons. The van der Waals surface area contributed by atoms with Crippen LogP contribution in [0.5, 0.6) is 0 Å². The molecule has 0 bridgehead atoms. The second kappa shape index (κ2) is 6.14. The second-order valence-corrected chi connectivity index (χ2v) is 5.32. The van der Waals surface area contributed by atoms with E-state index in [4.69, 9.17) is 5.11 Å². The molecule has 0 saturated heterocycles. The molecule has 0 saturated carbocycles. The molecule has 0 atom stereocenters. The second-order valence-electron chi connectivity index (χ2n) is 3.48.